The fourth-order valence-electron chi connectivity index (χ4n) is 5.01. The first-order chi connectivity index (χ1) is 22.7. The summed E-state index contributed by atoms with van der Waals surface area (Å²) >= 11 is 0. The molecule has 0 unspecified atom stereocenters. The SMILES string of the molecule is O=C(NCC(=O)N1CCC[C@H]1C(=O)N[C@@H](Cc1ccccc1)C(=O)N[C@@H](Cc1ccccc1)C(=O)O)OCc1ccccc1.O=C=O. The van der Waals surface area contributed by atoms with Gasteiger partial charge in [0.05, 0.1) is 0 Å². The van der Waals surface area contributed by atoms with Crippen LogP contribution in [0.2, 0.25) is 0 Å². The number of benzene rings is 3. The summed E-state index contributed by atoms with van der Waals surface area (Å²) in [4.78, 5) is 81.6. The van der Waals surface area contributed by atoms with Crippen molar-refractivity contribution in [2.75, 3.05) is 13.1 Å². The summed E-state index contributed by atoms with van der Waals surface area (Å²) in [6.45, 7) is 0.00501. The number of likely N-dealkylation sites (tertiary alicyclic amines) is 1. The summed E-state index contributed by atoms with van der Waals surface area (Å²) in [5.74, 6) is -2.84. The maximum absolute atomic E-state index is 13.5. The van der Waals surface area contributed by atoms with Crippen LogP contribution in [-0.4, -0.2) is 77.2 Å². The normalized spacial score (nSPS) is 14.6. The van der Waals surface area contributed by atoms with E-state index in [-0.39, 0.29) is 32.1 Å². The number of ether oxygens (including phenoxy) is 1. The van der Waals surface area contributed by atoms with Crippen LogP contribution in [0.1, 0.15) is 29.5 Å². The fourth-order valence-corrected chi connectivity index (χ4v) is 5.01. The summed E-state index contributed by atoms with van der Waals surface area (Å²) < 4.78 is 5.15. The van der Waals surface area contributed by atoms with Gasteiger partial charge in [-0.15, -0.1) is 0 Å². The molecule has 13 nitrogen and oxygen atoms in total. The van der Waals surface area contributed by atoms with Gasteiger partial charge >= 0.3 is 18.2 Å². The third kappa shape index (κ3) is 11.9. The molecule has 1 aliphatic rings. The molecule has 1 aliphatic heterocycles. The first-order valence-electron chi connectivity index (χ1n) is 14.9. The largest absolute Gasteiger partial charge is 0.480 e. The zero-order valence-electron chi connectivity index (χ0n) is 25.5. The van der Waals surface area contributed by atoms with Crippen LogP contribution in [0.15, 0.2) is 91.0 Å². The fraction of sp³-hybridized carbons (Fsp3) is 0.294. The number of aliphatic carboxylic acids is 1. The Balaban J connectivity index is 0.00000192. The van der Waals surface area contributed by atoms with Crippen LogP contribution in [0.4, 0.5) is 4.79 Å². The van der Waals surface area contributed by atoms with Gasteiger partial charge in [-0.25, -0.2) is 9.59 Å². The van der Waals surface area contributed by atoms with Crippen LogP contribution < -0.4 is 16.0 Å². The van der Waals surface area contributed by atoms with E-state index in [4.69, 9.17) is 14.3 Å². The standard InChI is InChI=1S/C33H36N4O7.CO2/c38-29(21-34-33(43)44-22-25-15-8-3-9-16-25)37-18-10-17-28(37)31(40)35-26(19-23-11-4-1-5-12-23)30(39)36-27(32(41)42)20-24-13-6-2-7-14-24;2-1-3/h1-9,11-16,26-28H,10,17-22H2,(H,34,43)(H,35,40)(H,36,39)(H,41,42);/t26-,27-,28-;/m0./s1. The highest BCUT2D eigenvalue weighted by Gasteiger charge is 2.36. The molecular weight excluding hydrogens is 608 g/mol. The van der Waals surface area contributed by atoms with Gasteiger partial charge in [0, 0.05) is 19.4 Å². The molecule has 0 aliphatic carbocycles. The highest BCUT2D eigenvalue weighted by molar-refractivity contribution is 5.94. The molecular formula is C34H36N4O9. The van der Waals surface area contributed by atoms with Crippen molar-refractivity contribution < 1.29 is 43.4 Å². The number of hydrogen-bond acceptors (Lipinski definition) is 8. The Labute approximate surface area is 271 Å². The lowest BCUT2D eigenvalue weighted by molar-refractivity contribution is -0.191. The molecule has 1 fully saturated rings. The molecule has 1 saturated heterocycles. The Hall–Kier alpha value is -5.81. The van der Waals surface area contributed by atoms with Crippen LogP contribution >= 0.6 is 0 Å². The van der Waals surface area contributed by atoms with E-state index in [0.717, 1.165) is 16.7 Å². The summed E-state index contributed by atoms with van der Waals surface area (Å²) in [6.07, 6.45) is 0.619. The van der Waals surface area contributed by atoms with E-state index in [1.54, 1.807) is 48.5 Å². The number of hydrogen-bond donors (Lipinski definition) is 4. The zero-order valence-corrected chi connectivity index (χ0v) is 25.5. The van der Waals surface area contributed by atoms with E-state index >= 15 is 0 Å². The van der Waals surface area contributed by atoms with Crippen molar-refractivity contribution in [3.63, 3.8) is 0 Å². The quantitative estimate of drug-likeness (QED) is 0.215. The topological polar surface area (TPSA) is 188 Å². The molecule has 0 radical (unpaired) electrons. The maximum Gasteiger partial charge on any atom is 0.407 e. The lowest BCUT2D eigenvalue weighted by Gasteiger charge is -2.27. The number of amides is 4. The van der Waals surface area contributed by atoms with Gasteiger partial charge in [0.15, 0.2) is 0 Å². The van der Waals surface area contributed by atoms with Gasteiger partial charge in [0.2, 0.25) is 17.7 Å². The number of rotatable bonds is 13. The summed E-state index contributed by atoms with van der Waals surface area (Å²) in [5, 5.41) is 17.6. The number of carbonyl (C=O) groups excluding carboxylic acids is 6. The molecule has 4 amide bonds. The molecule has 4 rings (SSSR count). The molecule has 0 saturated carbocycles. The van der Waals surface area contributed by atoms with E-state index < -0.39 is 47.9 Å². The van der Waals surface area contributed by atoms with Crippen molar-refractivity contribution in [3.8, 4) is 0 Å². The van der Waals surface area contributed by atoms with Gasteiger partial charge in [0.25, 0.3) is 0 Å². The maximum atomic E-state index is 13.5. The minimum atomic E-state index is -1.21. The van der Waals surface area contributed by atoms with E-state index in [9.17, 15) is 29.1 Å². The molecule has 3 aromatic rings. The van der Waals surface area contributed by atoms with Gasteiger partial charge in [-0.3, -0.25) is 14.4 Å². The van der Waals surface area contributed by atoms with Gasteiger partial charge < -0.3 is 30.7 Å². The second kappa shape index (κ2) is 18.9. The molecule has 4 N–H and O–H groups in total. The molecule has 3 atom stereocenters. The third-order valence-corrected chi connectivity index (χ3v) is 7.29. The summed E-state index contributed by atoms with van der Waals surface area (Å²) in [5.41, 5.74) is 2.30. The highest BCUT2D eigenvalue weighted by Crippen LogP contribution is 2.18. The molecule has 246 valence electrons. The number of alkyl carbamates (subject to hydrolysis) is 1. The minimum Gasteiger partial charge on any atom is -0.480 e. The minimum absolute atomic E-state index is 0.0502. The van der Waals surface area contributed by atoms with Crippen molar-refractivity contribution in [2.45, 2.75) is 50.4 Å². The molecule has 47 heavy (non-hydrogen) atoms. The Bertz CT molecular complexity index is 1510. The molecule has 13 heteroatoms. The Morgan fingerprint density at radius 1 is 0.787 bits per heavy atom. The third-order valence-electron chi connectivity index (χ3n) is 7.29. The predicted molar refractivity (Wildman–Crippen MR) is 166 cm³/mol. The van der Waals surface area contributed by atoms with Crippen LogP contribution in [0.3, 0.4) is 0 Å². The average Bonchev–Trinajstić information content (AvgIpc) is 3.58. The average molecular weight is 645 g/mol. The highest BCUT2D eigenvalue weighted by atomic mass is 16.5. The van der Waals surface area contributed by atoms with E-state index in [1.807, 2.05) is 42.5 Å². The molecule has 0 spiro atoms. The smallest absolute Gasteiger partial charge is 0.407 e. The van der Waals surface area contributed by atoms with Crippen molar-refractivity contribution in [1.29, 1.82) is 0 Å². The lowest BCUT2D eigenvalue weighted by atomic mass is 10.0. The van der Waals surface area contributed by atoms with Crippen molar-refractivity contribution in [3.05, 3.63) is 108 Å². The Kier molecular flexibility index (Phi) is 14.3. The van der Waals surface area contributed by atoms with Gasteiger partial charge in [-0.05, 0) is 29.5 Å². The van der Waals surface area contributed by atoms with Crippen LogP contribution in [0, 0.1) is 0 Å². The Morgan fingerprint density at radius 3 is 1.83 bits per heavy atom. The molecule has 0 bridgehead atoms. The van der Waals surface area contributed by atoms with Gasteiger partial charge in [-0.1, -0.05) is 91.0 Å². The molecule has 1 heterocycles. The number of carboxylic acids is 1. The summed E-state index contributed by atoms with van der Waals surface area (Å²) in [6, 6.07) is 23.9. The van der Waals surface area contributed by atoms with E-state index in [2.05, 4.69) is 16.0 Å². The Morgan fingerprint density at radius 2 is 1.30 bits per heavy atom. The van der Waals surface area contributed by atoms with Crippen LogP contribution in [-0.2, 0) is 53.0 Å². The molecule has 0 aromatic heterocycles. The monoisotopic (exact) mass is 644 g/mol. The second-order valence-corrected chi connectivity index (χ2v) is 10.6. The second-order valence-electron chi connectivity index (χ2n) is 10.6. The number of carbonyl (C=O) groups is 5. The number of nitrogens with zero attached hydrogens (tertiary/aromatic N) is 1. The first kappa shape index (κ1) is 35.7. The van der Waals surface area contributed by atoms with Crippen LogP contribution in [0.5, 0.6) is 0 Å². The lowest BCUT2D eigenvalue weighted by Crippen LogP contribution is -2.56. The van der Waals surface area contributed by atoms with Gasteiger partial charge in [-0.2, -0.15) is 9.59 Å². The summed E-state index contributed by atoms with van der Waals surface area (Å²) in [7, 11) is 0. The molecule has 3 aromatic carbocycles. The van der Waals surface area contributed by atoms with E-state index in [1.165, 1.54) is 4.90 Å². The van der Waals surface area contributed by atoms with E-state index in [0.29, 0.717) is 19.4 Å². The predicted octanol–water partition coefficient (Wildman–Crippen LogP) is 1.86. The number of nitrogens with one attached hydrogen (secondary N) is 3. The van der Waals surface area contributed by atoms with Crippen molar-refractivity contribution in [2.24, 2.45) is 0 Å². The van der Waals surface area contributed by atoms with Crippen molar-refractivity contribution in [1.82, 2.24) is 20.9 Å². The van der Waals surface area contributed by atoms with Crippen molar-refractivity contribution >= 4 is 35.9 Å². The first-order valence-corrected chi connectivity index (χ1v) is 14.9. The zero-order chi connectivity index (χ0) is 34.0. The van der Waals surface area contributed by atoms with Gasteiger partial charge in [0.1, 0.15) is 31.3 Å². The van der Waals surface area contributed by atoms with Crippen LogP contribution in [0.25, 0.3) is 0 Å². The number of carboxylic acid groups (broad SMARTS) is 1.